The second-order valence-corrected chi connectivity index (χ2v) is 3.77. The van der Waals surface area contributed by atoms with Gasteiger partial charge in [-0.25, -0.2) is 0 Å². The standard InChI is InChI=1S/C10H15N/c1-7-2-4-8(5-3-7)9-6-10(9)11/h2-4,8-10H,5-6,11H2,1H3/t8?,9-,10+/m0/s1. The lowest BCUT2D eigenvalue weighted by molar-refractivity contribution is 0.554. The zero-order valence-corrected chi connectivity index (χ0v) is 6.96. The van der Waals surface area contributed by atoms with Gasteiger partial charge in [-0.3, -0.25) is 0 Å². The van der Waals surface area contributed by atoms with Gasteiger partial charge in [0.15, 0.2) is 0 Å². The minimum absolute atomic E-state index is 0.497. The molecule has 0 aliphatic heterocycles. The summed E-state index contributed by atoms with van der Waals surface area (Å²) in [6.07, 6.45) is 9.31. The van der Waals surface area contributed by atoms with Crippen molar-refractivity contribution >= 4 is 0 Å². The molecule has 0 saturated heterocycles. The molecular formula is C10H15N. The van der Waals surface area contributed by atoms with Crippen molar-refractivity contribution in [1.29, 1.82) is 0 Å². The summed E-state index contributed by atoms with van der Waals surface area (Å²) in [5.41, 5.74) is 7.18. The van der Waals surface area contributed by atoms with Crippen molar-refractivity contribution in [3.63, 3.8) is 0 Å². The van der Waals surface area contributed by atoms with Crippen LogP contribution in [0.3, 0.4) is 0 Å². The lowest BCUT2D eigenvalue weighted by atomic mass is 9.93. The van der Waals surface area contributed by atoms with Gasteiger partial charge in [-0.15, -0.1) is 0 Å². The molecule has 0 aromatic rings. The Morgan fingerprint density at radius 1 is 1.55 bits per heavy atom. The highest BCUT2D eigenvalue weighted by Gasteiger charge is 2.38. The largest absolute Gasteiger partial charge is 0.327 e. The van der Waals surface area contributed by atoms with Crippen molar-refractivity contribution < 1.29 is 0 Å². The van der Waals surface area contributed by atoms with Gasteiger partial charge in [0.05, 0.1) is 0 Å². The maximum Gasteiger partial charge on any atom is 0.00769 e. The van der Waals surface area contributed by atoms with E-state index in [0.29, 0.717) is 6.04 Å². The SMILES string of the molecule is CC1=CCC([C@@H]2C[C@H]2N)C=C1. The fraction of sp³-hybridized carbons (Fsp3) is 0.600. The Kier molecular flexibility index (Phi) is 1.61. The molecule has 1 saturated carbocycles. The zero-order chi connectivity index (χ0) is 7.84. The highest BCUT2D eigenvalue weighted by molar-refractivity contribution is 5.23. The van der Waals surface area contributed by atoms with Gasteiger partial charge in [0, 0.05) is 6.04 Å². The molecule has 0 spiro atoms. The fourth-order valence-electron chi connectivity index (χ4n) is 1.79. The monoisotopic (exact) mass is 149 g/mol. The molecule has 60 valence electrons. The average molecular weight is 149 g/mol. The predicted octanol–water partition coefficient (Wildman–Crippen LogP) is 1.86. The predicted molar refractivity (Wildman–Crippen MR) is 47.1 cm³/mol. The fourth-order valence-corrected chi connectivity index (χ4v) is 1.79. The van der Waals surface area contributed by atoms with Crippen LogP contribution in [0.1, 0.15) is 19.8 Å². The van der Waals surface area contributed by atoms with E-state index < -0.39 is 0 Å². The summed E-state index contributed by atoms with van der Waals surface area (Å²) in [6.45, 7) is 2.15. The molecule has 2 aliphatic rings. The van der Waals surface area contributed by atoms with Crippen LogP contribution >= 0.6 is 0 Å². The van der Waals surface area contributed by atoms with Gasteiger partial charge < -0.3 is 5.73 Å². The molecule has 2 aliphatic carbocycles. The first-order valence-electron chi connectivity index (χ1n) is 4.38. The van der Waals surface area contributed by atoms with Gasteiger partial charge >= 0.3 is 0 Å². The van der Waals surface area contributed by atoms with E-state index in [1.807, 2.05) is 0 Å². The highest BCUT2D eigenvalue weighted by atomic mass is 14.7. The lowest BCUT2D eigenvalue weighted by Gasteiger charge is -2.13. The molecule has 0 aromatic heterocycles. The average Bonchev–Trinajstić information content (AvgIpc) is 2.69. The van der Waals surface area contributed by atoms with Crippen LogP contribution in [-0.4, -0.2) is 6.04 Å². The molecule has 3 atom stereocenters. The summed E-state index contributed by atoms with van der Waals surface area (Å²) in [5, 5.41) is 0. The summed E-state index contributed by atoms with van der Waals surface area (Å²) < 4.78 is 0. The Morgan fingerprint density at radius 2 is 2.27 bits per heavy atom. The van der Waals surface area contributed by atoms with E-state index in [1.165, 1.54) is 18.4 Å². The Hall–Kier alpha value is -0.560. The molecule has 11 heavy (non-hydrogen) atoms. The zero-order valence-electron chi connectivity index (χ0n) is 6.96. The molecule has 1 fully saturated rings. The van der Waals surface area contributed by atoms with Crippen molar-refractivity contribution in [2.75, 3.05) is 0 Å². The van der Waals surface area contributed by atoms with Crippen LogP contribution in [-0.2, 0) is 0 Å². The van der Waals surface area contributed by atoms with Crippen LogP contribution in [0.5, 0.6) is 0 Å². The third-order valence-electron chi connectivity index (χ3n) is 2.76. The molecule has 0 heterocycles. The number of allylic oxidation sites excluding steroid dienone is 4. The Labute approximate surface area is 68.0 Å². The van der Waals surface area contributed by atoms with Crippen molar-refractivity contribution in [3.8, 4) is 0 Å². The van der Waals surface area contributed by atoms with Gasteiger partial charge in [0.2, 0.25) is 0 Å². The van der Waals surface area contributed by atoms with Crippen LogP contribution < -0.4 is 5.73 Å². The second kappa shape index (κ2) is 2.49. The van der Waals surface area contributed by atoms with Crippen molar-refractivity contribution in [1.82, 2.24) is 0 Å². The quantitative estimate of drug-likeness (QED) is 0.605. The van der Waals surface area contributed by atoms with Gasteiger partial charge in [0.25, 0.3) is 0 Å². The Morgan fingerprint density at radius 3 is 2.73 bits per heavy atom. The van der Waals surface area contributed by atoms with Crippen molar-refractivity contribution in [2.24, 2.45) is 17.6 Å². The van der Waals surface area contributed by atoms with E-state index in [2.05, 4.69) is 25.2 Å². The molecule has 1 unspecified atom stereocenters. The Bertz CT molecular complexity index is 215. The van der Waals surface area contributed by atoms with E-state index in [1.54, 1.807) is 0 Å². The van der Waals surface area contributed by atoms with E-state index in [-0.39, 0.29) is 0 Å². The van der Waals surface area contributed by atoms with Gasteiger partial charge in [-0.05, 0) is 31.6 Å². The first-order chi connectivity index (χ1) is 5.27. The summed E-state index contributed by atoms with van der Waals surface area (Å²) in [5.74, 6) is 1.53. The van der Waals surface area contributed by atoms with Crippen LogP contribution in [0.15, 0.2) is 23.8 Å². The molecule has 2 rings (SSSR count). The minimum Gasteiger partial charge on any atom is -0.327 e. The van der Waals surface area contributed by atoms with Gasteiger partial charge in [-0.2, -0.15) is 0 Å². The van der Waals surface area contributed by atoms with Gasteiger partial charge in [0.1, 0.15) is 0 Å². The Balaban J connectivity index is 1.96. The normalized spacial score (nSPS) is 42.0. The topological polar surface area (TPSA) is 26.0 Å². The summed E-state index contributed by atoms with van der Waals surface area (Å²) in [7, 11) is 0. The molecule has 1 nitrogen and oxygen atoms in total. The molecule has 1 heteroatoms. The van der Waals surface area contributed by atoms with Crippen LogP contribution in [0.25, 0.3) is 0 Å². The number of nitrogens with two attached hydrogens (primary N) is 1. The third kappa shape index (κ3) is 1.38. The van der Waals surface area contributed by atoms with Gasteiger partial charge in [-0.1, -0.05) is 23.8 Å². The first-order valence-corrected chi connectivity index (χ1v) is 4.38. The minimum atomic E-state index is 0.497. The molecule has 2 N–H and O–H groups in total. The summed E-state index contributed by atoms with van der Waals surface area (Å²) in [6, 6.07) is 0.497. The molecule has 0 amide bonds. The van der Waals surface area contributed by atoms with Crippen LogP contribution in [0.2, 0.25) is 0 Å². The molecular weight excluding hydrogens is 134 g/mol. The number of hydrogen-bond donors (Lipinski definition) is 1. The van der Waals surface area contributed by atoms with E-state index in [4.69, 9.17) is 5.73 Å². The van der Waals surface area contributed by atoms with E-state index in [0.717, 1.165) is 11.8 Å². The van der Waals surface area contributed by atoms with Crippen LogP contribution in [0, 0.1) is 11.8 Å². The van der Waals surface area contributed by atoms with Crippen molar-refractivity contribution in [3.05, 3.63) is 23.8 Å². The molecule has 0 bridgehead atoms. The molecule has 0 aromatic carbocycles. The third-order valence-corrected chi connectivity index (χ3v) is 2.76. The second-order valence-electron chi connectivity index (χ2n) is 3.77. The number of rotatable bonds is 1. The first kappa shape index (κ1) is 7.11. The van der Waals surface area contributed by atoms with E-state index >= 15 is 0 Å². The summed E-state index contributed by atoms with van der Waals surface area (Å²) >= 11 is 0. The summed E-state index contributed by atoms with van der Waals surface area (Å²) in [4.78, 5) is 0. The van der Waals surface area contributed by atoms with Crippen LogP contribution in [0.4, 0.5) is 0 Å². The van der Waals surface area contributed by atoms with Crippen molar-refractivity contribution in [2.45, 2.75) is 25.8 Å². The maximum absolute atomic E-state index is 5.78. The number of hydrogen-bond acceptors (Lipinski definition) is 1. The highest BCUT2D eigenvalue weighted by Crippen LogP contribution is 2.39. The molecule has 0 radical (unpaired) electrons. The van der Waals surface area contributed by atoms with E-state index in [9.17, 15) is 0 Å². The smallest absolute Gasteiger partial charge is 0.00769 e. The lowest BCUT2D eigenvalue weighted by Crippen LogP contribution is -2.10. The maximum atomic E-state index is 5.78.